The number of alkyl halides is 3. The van der Waals surface area contributed by atoms with Gasteiger partial charge in [0.1, 0.15) is 0 Å². The van der Waals surface area contributed by atoms with Crippen molar-refractivity contribution in [3.05, 3.63) is 59.7 Å². The van der Waals surface area contributed by atoms with Gasteiger partial charge in [0.15, 0.2) is 0 Å². The van der Waals surface area contributed by atoms with Gasteiger partial charge in [0, 0.05) is 13.1 Å². The van der Waals surface area contributed by atoms with Crippen LogP contribution in [-0.4, -0.2) is 74.1 Å². The third-order valence-corrected chi connectivity index (χ3v) is 10.1. The van der Waals surface area contributed by atoms with E-state index in [4.69, 9.17) is 0 Å². The molecule has 2 aliphatic rings. The molecule has 2 aromatic carbocycles. The average Bonchev–Trinajstić information content (AvgIpc) is 2.97. The Hall–Kier alpha value is -2.52. The molecule has 2 saturated heterocycles. The van der Waals surface area contributed by atoms with E-state index < -0.39 is 32.1 Å². The third kappa shape index (κ3) is 8.26. The van der Waals surface area contributed by atoms with Crippen LogP contribution < -0.4 is 14.8 Å². The Kier molecular flexibility index (Phi) is 10.7. The Morgan fingerprint density at radius 2 is 1.12 bits per heavy atom. The molecule has 14 heteroatoms. The maximum absolute atomic E-state index is 12.4. The van der Waals surface area contributed by atoms with Crippen LogP contribution in [0.25, 0.3) is 0 Å². The number of amides is 1. The Bertz CT molecular complexity index is 1340. The van der Waals surface area contributed by atoms with Gasteiger partial charge in [0.2, 0.25) is 20.0 Å². The summed E-state index contributed by atoms with van der Waals surface area (Å²) in [6, 6.07) is 13.5. The number of hydrogen-bond acceptors (Lipinski definition) is 6. The van der Waals surface area contributed by atoms with Gasteiger partial charge in [-0.2, -0.15) is 13.2 Å². The lowest BCUT2D eigenvalue weighted by molar-refractivity contribution is -0.186. The van der Waals surface area contributed by atoms with Crippen LogP contribution in [0.3, 0.4) is 0 Å². The van der Waals surface area contributed by atoms with E-state index in [-0.39, 0.29) is 23.9 Å². The molecule has 3 N–H and O–H groups in total. The minimum Gasteiger partial charge on any atom is -0.335 e. The molecule has 2 aromatic rings. The van der Waals surface area contributed by atoms with Crippen LogP contribution in [0.1, 0.15) is 48.6 Å². The summed E-state index contributed by atoms with van der Waals surface area (Å²) in [5.41, 5.74) is 2.10. The molecule has 0 bridgehead atoms. The first-order valence-electron chi connectivity index (χ1n) is 12.9. The standard InChI is InChI=1S/C14H17F3N2O3S.C12H18N2O2S/c1-18-23(21,22)12-4-2-10(3-5-12)11-6-8-19(9-7-11)13(20)14(15,16)17;1-13-17(15,16)12-4-2-10(3-5-12)11-6-8-14-9-7-11/h2-5,11,18H,6-9H2,1H3;2-5,11,13-14H,6-9H2,1H3. The van der Waals surface area contributed by atoms with Gasteiger partial charge in [-0.15, -0.1) is 0 Å². The fourth-order valence-electron chi connectivity index (χ4n) is 4.82. The first kappa shape index (κ1) is 32.0. The van der Waals surface area contributed by atoms with E-state index in [1.165, 1.54) is 31.8 Å². The van der Waals surface area contributed by atoms with Crippen LogP contribution in [0.2, 0.25) is 0 Å². The lowest BCUT2D eigenvalue weighted by Crippen LogP contribution is -2.45. The van der Waals surface area contributed by atoms with E-state index in [1.54, 1.807) is 24.3 Å². The van der Waals surface area contributed by atoms with Gasteiger partial charge in [-0.25, -0.2) is 26.3 Å². The van der Waals surface area contributed by atoms with Crippen molar-refractivity contribution >= 4 is 26.0 Å². The summed E-state index contributed by atoms with van der Waals surface area (Å²) < 4.78 is 88.1. The summed E-state index contributed by atoms with van der Waals surface area (Å²) in [6.07, 6.45) is -1.76. The predicted octanol–water partition coefficient (Wildman–Crippen LogP) is 2.92. The van der Waals surface area contributed by atoms with Gasteiger partial charge in [0.25, 0.3) is 0 Å². The molecule has 0 atom stereocenters. The van der Waals surface area contributed by atoms with Crippen molar-refractivity contribution < 1.29 is 34.8 Å². The molecule has 0 saturated carbocycles. The average molecular weight is 605 g/mol. The summed E-state index contributed by atoms with van der Waals surface area (Å²) in [7, 11) is -4.08. The molecule has 2 fully saturated rings. The Balaban J connectivity index is 0.000000230. The third-order valence-electron chi connectivity index (χ3n) is 7.22. The highest BCUT2D eigenvalue weighted by atomic mass is 32.2. The molecule has 1 amide bonds. The maximum Gasteiger partial charge on any atom is 0.471 e. The zero-order valence-electron chi connectivity index (χ0n) is 22.4. The summed E-state index contributed by atoms with van der Waals surface area (Å²) >= 11 is 0. The second-order valence-electron chi connectivity index (χ2n) is 9.64. The number of benzene rings is 2. The Morgan fingerprint density at radius 1 is 0.750 bits per heavy atom. The second-order valence-corrected chi connectivity index (χ2v) is 13.4. The number of piperidine rings is 2. The van der Waals surface area contributed by atoms with Crippen molar-refractivity contribution in [3.63, 3.8) is 0 Å². The summed E-state index contributed by atoms with van der Waals surface area (Å²) in [4.78, 5) is 12.5. The highest BCUT2D eigenvalue weighted by molar-refractivity contribution is 7.89. The number of nitrogens with one attached hydrogen (secondary N) is 3. The summed E-state index contributed by atoms with van der Waals surface area (Å²) in [5.74, 6) is -1.23. The van der Waals surface area contributed by atoms with Crippen LogP contribution in [0.4, 0.5) is 13.2 Å². The molecule has 0 unspecified atom stereocenters. The number of carbonyl (C=O) groups excluding carboxylic acids is 1. The van der Waals surface area contributed by atoms with Crippen molar-refractivity contribution in [2.75, 3.05) is 40.3 Å². The Morgan fingerprint density at radius 3 is 1.48 bits per heavy atom. The lowest BCUT2D eigenvalue weighted by Gasteiger charge is -2.32. The van der Waals surface area contributed by atoms with Crippen LogP contribution >= 0.6 is 0 Å². The molecule has 222 valence electrons. The molecule has 0 radical (unpaired) electrons. The van der Waals surface area contributed by atoms with Crippen LogP contribution in [0, 0.1) is 0 Å². The summed E-state index contributed by atoms with van der Waals surface area (Å²) in [5, 5.41) is 3.32. The van der Waals surface area contributed by atoms with E-state index in [2.05, 4.69) is 14.8 Å². The molecule has 0 aromatic heterocycles. The highest BCUT2D eigenvalue weighted by Crippen LogP contribution is 2.31. The van der Waals surface area contributed by atoms with Crippen molar-refractivity contribution in [2.45, 2.75) is 53.5 Å². The molecule has 0 aliphatic carbocycles. The zero-order valence-corrected chi connectivity index (χ0v) is 24.0. The number of carbonyl (C=O) groups is 1. The molecule has 2 heterocycles. The minimum atomic E-state index is -4.84. The van der Waals surface area contributed by atoms with Crippen molar-refractivity contribution in [3.8, 4) is 0 Å². The largest absolute Gasteiger partial charge is 0.471 e. The van der Waals surface area contributed by atoms with Gasteiger partial charge in [0.05, 0.1) is 9.79 Å². The van der Waals surface area contributed by atoms with Crippen LogP contribution in [-0.2, 0) is 24.8 Å². The zero-order chi connectivity index (χ0) is 29.6. The van der Waals surface area contributed by atoms with E-state index in [1.807, 2.05) is 12.1 Å². The minimum absolute atomic E-state index is 0.0126. The monoisotopic (exact) mass is 604 g/mol. The molecule has 0 spiro atoms. The van der Waals surface area contributed by atoms with Crippen molar-refractivity contribution in [2.24, 2.45) is 0 Å². The molecule has 4 rings (SSSR count). The van der Waals surface area contributed by atoms with E-state index in [0.29, 0.717) is 23.7 Å². The van der Waals surface area contributed by atoms with Crippen molar-refractivity contribution in [1.82, 2.24) is 19.7 Å². The van der Waals surface area contributed by atoms with Crippen molar-refractivity contribution in [1.29, 1.82) is 0 Å². The van der Waals surface area contributed by atoms with Gasteiger partial charge < -0.3 is 10.2 Å². The smallest absolute Gasteiger partial charge is 0.335 e. The number of sulfonamides is 2. The fourth-order valence-corrected chi connectivity index (χ4v) is 6.28. The van der Waals surface area contributed by atoms with E-state index in [9.17, 15) is 34.8 Å². The van der Waals surface area contributed by atoms with Gasteiger partial charge >= 0.3 is 12.1 Å². The maximum atomic E-state index is 12.4. The number of hydrogen-bond donors (Lipinski definition) is 3. The predicted molar refractivity (Wildman–Crippen MR) is 145 cm³/mol. The number of halogens is 3. The summed E-state index contributed by atoms with van der Waals surface area (Å²) in [6.45, 7) is 2.17. The molecule has 40 heavy (non-hydrogen) atoms. The number of nitrogens with zero attached hydrogens (tertiary/aromatic N) is 1. The second kappa shape index (κ2) is 13.4. The molecule has 2 aliphatic heterocycles. The van der Waals surface area contributed by atoms with Crippen LogP contribution in [0.15, 0.2) is 58.3 Å². The number of rotatable bonds is 6. The van der Waals surface area contributed by atoms with E-state index in [0.717, 1.165) is 36.4 Å². The topological polar surface area (TPSA) is 125 Å². The SMILES string of the molecule is CNS(=O)(=O)c1ccc(C2CCN(C(=O)C(F)(F)F)CC2)cc1.CNS(=O)(=O)c1ccc(C2CCNCC2)cc1. The molecular weight excluding hydrogens is 569 g/mol. The van der Waals surface area contributed by atoms with E-state index >= 15 is 0 Å². The van der Waals surface area contributed by atoms with Gasteiger partial charge in [-0.05, 0) is 100 Å². The first-order chi connectivity index (χ1) is 18.8. The van der Waals surface area contributed by atoms with Gasteiger partial charge in [-0.3, -0.25) is 4.79 Å². The quantitative estimate of drug-likeness (QED) is 0.466. The Labute approximate surface area is 233 Å². The molecule has 9 nitrogen and oxygen atoms in total. The van der Waals surface area contributed by atoms with Gasteiger partial charge in [-0.1, -0.05) is 24.3 Å². The lowest BCUT2D eigenvalue weighted by atomic mass is 9.89. The first-order valence-corrected chi connectivity index (χ1v) is 15.9. The van der Waals surface area contributed by atoms with Crippen LogP contribution in [0.5, 0.6) is 0 Å². The normalized spacial score (nSPS) is 17.7. The molecular formula is C26H35F3N4O5S2. The fraction of sp³-hybridized carbons (Fsp3) is 0.500. The number of likely N-dealkylation sites (tertiary alicyclic amines) is 1. The highest BCUT2D eigenvalue weighted by Gasteiger charge is 2.43.